The molecule has 3 aliphatic heterocycles. The van der Waals surface area contributed by atoms with Gasteiger partial charge in [-0.25, -0.2) is 0 Å². The van der Waals surface area contributed by atoms with Crippen molar-refractivity contribution in [3.63, 3.8) is 0 Å². The van der Waals surface area contributed by atoms with Crippen molar-refractivity contribution >= 4 is 0 Å². The largest absolute Gasteiger partial charge is 0.662 e. The molecule has 0 atom stereocenters. The van der Waals surface area contributed by atoms with Crippen molar-refractivity contribution in [1.82, 2.24) is 16.0 Å². The fourth-order valence-corrected chi connectivity index (χ4v) is 2.92. The summed E-state index contributed by atoms with van der Waals surface area (Å²) >= 11 is 0. The van der Waals surface area contributed by atoms with Crippen molar-refractivity contribution in [3.05, 3.63) is 10.6 Å². The molecule has 3 heterocycles. The van der Waals surface area contributed by atoms with Crippen LogP contribution in [0.5, 0.6) is 0 Å². The van der Waals surface area contributed by atoms with E-state index in [1.54, 1.807) is 0 Å². The first-order valence-electron chi connectivity index (χ1n) is 9.33. The van der Waals surface area contributed by atoms with E-state index in [4.69, 9.17) is 5.73 Å². The monoisotopic (exact) mass is 504 g/mol. The minimum Gasteiger partial charge on any atom is -0.662 e. The molecule has 2 radical (unpaired) electrons. The van der Waals surface area contributed by atoms with Crippen molar-refractivity contribution in [3.8, 4) is 0 Å². The van der Waals surface area contributed by atoms with E-state index < -0.39 is 0 Å². The Morgan fingerprint density at radius 1 is 0.720 bits per heavy atom. The second-order valence-electron chi connectivity index (χ2n) is 6.55. The van der Waals surface area contributed by atoms with Crippen LogP contribution < -0.4 is 21.7 Å². The summed E-state index contributed by atoms with van der Waals surface area (Å²) in [5, 5.41) is 18.2. The molecule has 0 aliphatic carbocycles. The number of rotatable bonds is 2. The smallest absolute Gasteiger partial charge is 0.00882 e. The summed E-state index contributed by atoms with van der Waals surface area (Å²) in [5.74, 6) is 0. The van der Waals surface area contributed by atoms with Crippen LogP contribution in [0.2, 0.25) is 0 Å². The molecule has 0 saturated carbocycles. The molecule has 8 heteroatoms. The van der Waals surface area contributed by atoms with Crippen LogP contribution in [0.3, 0.4) is 0 Å². The first-order valence-corrected chi connectivity index (χ1v) is 9.33. The molecule has 5 N–H and O–H groups in total. The number of hydrogen-bond acceptors (Lipinski definition) is 4. The van der Waals surface area contributed by atoms with Gasteiger partial charge in [-0.3, -0.25) is 0 Å². The van der Waals surface area contributed by atoms with Crippen LogP contribution in [0.4, 0.5) is 0 Å². The van der Waals surface area contributed by atoms with Gasteiger partial charge in [0, 0.05) is 83.5 Å². The molecule has 3 saturated heterocycles. The first-order chi connectivity index (χ1) is 11.3. The van der Waals surface area contributed by atoms with Gasteiger partial charge in [0.05, 0.1) is 0 Å². The Labute approximate surface area is 205 Å². The van der Waals surface area contributed by atoms with Crippen LogP contribution in [0.15, 0.2) is 0 Å². The van der Waals surface area contributed by atoms with Gasteiger partial charge in [0.1, 0.15) is 0 Å². The predicted molar refractivity (Wildman–Crippen MR) is 100 cm³/mol. The van der Waals surface area contributed by atoms with Crippen LogP contribution in [-0.2, 0) is 65.4 Å². The second-order valence-corrected chi connectivity index (χ2v) is 6.55. The van der Waals surface area contributed by atoms with Gasteiger partial charge in [-0.2, -0.15) is 0 Å². The van der Waals surface area contributed by atoms with Crippen LogP contribution in [0, 0.1) is 0 Å². The fourth-order valence-electron chi connectivity index (χ4n) is 2.92. The summed E-state index contributed by atoms with van der Waals surface area (Å²) in [7, 11) is 4.06. The van der Waals surface area contributed by atoms with E-state index in [9.17, 15) is 0 Å². The molecular formula is C17H38N6Y2-2. The zero-order valence-corrected chi connectivity index (χ0v) is 22.0. The Morgan fingerprint density at radius 3 is 1.40 bits per heavy atom. The van der Waals surface area contributed by atoms with Crippen molar-refractivity contribution < 1.29 is 65.4 Å². The van der Waals surface area contributed by atoms with Gasteiger partial charge in [0.25, 0.3) is 0 Å². The second kappa shape index (κ2) is 20.7. The van der Waals surface area contributed by atoms with Crippen molar-refractivity contribution in [2.75, 3.05) is 53.4 Å². The van der Waals surface area contributed by atoms with E-state index in [1.807, 2.05) is 14.1 Å². The SMILES string of the molecule is CNC1CCNCC1.CNC1CC[N-]CC1.NC1CC[N-]CC1.[Y].[Y]. The first kappa shape index (κ1) is 29.2. The number of nitrogens with one attached hydrogen (secondary N) is 3. The predicted octanol–water partition coefficient (Wildman–Crippen LogP) is 1.18. The van der Waals surface area contributed by atoms with Gasteiger partial charge in [-0.15, -0.1) is 26.2 Å². The minimum absolute atomic E-state index is 0. The molecule has 144 valence electrons. The molecule has 6 nitrogen and oxygen atoms in total. The van der Waals surface area contributed by atoms with Gasteiger partial charge < -0.3 is 32.3 Å². The maximum Gasteiger partial charge on any atom is 0.00882 e. The summed E-state index contributed by atoms with van der Waals surface area (Å²) < 4.78 is 0. The van der Waals surface area contributed by atoms with Crippen LogP contribution in [0.25, 0.3) is 10.6 Å². The van der Waals surface area contributed by atoms with Crippen molar-refractivity contribution in [1.29, 1.82) is 0 Å². The molecule has 0 aromatic rings. The van der Waals surface area contributed by atoms with Crippen LogP contribution in [0.1, 0.15) is 38.5 Å². The summed E-state index contributed by atoms with van der Waals surface area (Å²) in [6, 6.07) is 1.96. The van der Waals surface area contributed by atoms with Crippen molar-refractivity contribution in [2.24, 2.45) is 5.73 Å². The van der Waals surface area contributed by atoms with Gasteiger partial charge in [-0.05, 0) is 40.0 Å². The quantitative estimate of drug-likeness (QED) is 0.455. The summed E-state index contributed by atoms with van der Waals surface area (Å²) in [4.78, 5) is 0. The fraction of sp³-hybridized carbons (Fsp3) is 1.00. The molecule has 0 aromatic carbocycles. The van der Waals surface area contributed by atoms with E-state index in [0.29, 0.717) is 6.04 Å². The van der Waals surface area contributed by atoms with E-state index in [1.165, 1.54) is 38.8 Å². The molecule has 0 bridgehead atoms. The van der Waals surface area contributed by atoms with Crippen LogP contribution in [-0.4, -0.2) is 71.5 Å². The number of nitrogens with zero attached hydrogens (tertiary/aromatic N) is 2. The van der Waals surface area contributed by atoms with Gasteiger partial charge in [0.2, 0.25) is 0 Å². The maximum atomic E-state index is 5.57. The third kappa shape index (κ3) is 16.6. The minimum atomic E-state index is 0. The van der Waals surface area contributed by atoms with Gasteiger partial charge in [0.15, 0.2) is 0 Å². The maximum absolute atomic E-state index is 5.57. The third-order valence-corrected chi connectivity index (χ3v) is 4.74. The van der Waals surface area contributed by atoms with Gasteiger partial charge >= 0.3 is 0 Å². The normalized spacial score (nSPS) is 22.2. The van der Waals surface area contributed by atoms with E-state index in [-0.39, 0.29) is 65.4 Å². The number of hydrogen-bond donors (Lipinski definition) is 4. The summed E-state index contributed by atoms with van der Waals surface area (Å²) in [6.45, 7) is 6.47. The molecule has 3 fully saturated rings. The molecule has 3 aliphatic rings. The Kier molecular flexibility index (Phi) is 24.1. The number of nitrogens with two attached hydrogens (primary N) is 1. The van der Waals surface area contributed by atoms with Gasteiger partial charge in [-0.1, -0.05) is 25.7 Å². The summed E-state index contributed by atoms with van der Waals surface area (Å²) in [5.41, 5.74) is 5.57. The molecule has 0 aromatic heterocycles. The standard InChI is InChI=1S/C6H14N2.C6H13N2.C5H11N2.2Y/c2*1-7-6-2-4-8-5-3-6;6-5-1-3-7-4-2-5;;/h6-8H,2-5H2,1H3;6-7H,2-5H2,1H3;5H,1-4,6H2;;/q;2*-1;;. The molecule has 0 amide bonds. The molecular weight excluding hydrogens is 466 g/mol. The Hall–Kier alpha value is 1.97. The van der Waals surface area contributed by atoms with E-state index in [2.05, 4.69) is 26.6 Å². The molecule has 3 rings (SSSR count). The Bertz CT molecular complexity index is 238. The molecule has 25 heavy (non-hydrogen) atoms. The molecule has 0 spiro atoms. The van der Waals surface area contributed by atoms with E-state index >= 15 is 0 Å². The Balaban J connectivity index is 0. The van der Waals surface area contributed by atoms with Crippen LogP contribution >= 0.6 is 0 Å². The third-order valence-electron chi connectivity index (χ3n) is 4.74. The van der Waals surface area contributed by atoms with Crippen molar-refractivity contribution in [2.45, 2.75) is 56.7 Å². The summed E-state index contributed by atoms with van der Waals surface area (Å²) in [6.07, 6.45) is 7.24. The zero-order chi connectivity index (χ0) is 16.8. The zero-order valence-electron chi connectivity index (χ0n) is 16.3. The topological polar surface area (TPSA) is 90.3 Å². The van der Waals surface area contributed by atoms with E-state index in [0.717, 1.165) is 51.1 Å². The number of piperidine rings is 3. The average molecular weight is 504 g/mol. The average Bonchev–Trinajstić information content (AvgIpc) is 2.65. The molecule has 0 unspecified atom stereocenters. The Morgan fingerprint density at radius 2 is 1.12 bits per heavy atom.